The summed E-state index contributed by atoms with van der Waals surface area (Å²) in [5, 5.41) is 0. The molecule has 5 rings (SSSR count). The number of nitrogens with one attached hydrogen (secondary N) is 2. The molecule has 0 saturated carbocycles. The van der Waals surface area contributed by atoms with Gasteiger partial charge < -0.3 is 9.72 Å². The second-order valence-corrected chi connectivity index (χ2v) is 5.81. The first kappa shape index (κ1) is 13.8. The van der Waals surface area contributed by atoms with E-state index < -0.39 is 17.3 Å². The molecule has 7 nitrogen and oxygen atoms in total. The highest BCUT2D eigenvalue weighted by Gasteiger charge is 2.31. The highest BCUT2D eigenvalue weighted by Crippen LogP contribution is 2.43. The third kappa shape index (κ3) is 1.89. The van der Waals surface area contributed by atoms with Crippen LogP contribution in [-0.2, 0) is 0 Å². The topological polar surface area (TPSA) is 92.8 Å². The molecule has 0 saturated heterocycles. The maximum atomic E-state index is 13.0. The van der Waals surface area contributed by atoms with Crippen LogP contribution in [0.1, 0.15) is 17.2 Å². The Hall–Kier alpha value is -3.61. The first-order valence-corrected chi connectivity index (χ1v) is 7.77. The molecular weight excluding hydrogens is 320 g/mol. The molecule has 4 aromatic rings. The number of H-pyrrole nitrogens is 2. The lowest BCUT2D eigenvalue weighted by Crippen LogP contribution is -2.39. The number of aromatic amines is 2. The van der Waals surface area contributed by atoms with Crippen LogP contribution in [0.25, 0.3) is 11.2 Å². The molecule has 1 aliphatic rings. The Morgan fingerprint density at radius 3 is 2.28 bits per heavy atom. The summed E-state index contributed by atoms with van der Waals surface area (Å²) in [6.07, 6.45) is 1.39. The molecular formula is C18H12N4O3. The summed E-state index contributed by atoms with van der Waals surface area (Å²) in [4.78, 5) is 35.1. The highest BCUT2D eigenvalue weighted by atomic mass is 16.5. The first-order chi connectivity index (χ1) is 12.2. The van der Waals surface area contributed by atoms with Crippen molar-refractivity contribution in [3.05, 3.63) is 86.8 Å². The SMILES string of the molecule is O=c1[nH]c2nc[nH]c2c(=O)n1C1c2ccccc2Oc2ccccc21. The van der Waals surface area contributed by atoms with E-state index in [0.717, 1.165) is 11.1 Å². The highest BCUT2D eigenvalue weighted by molar-refractivity contribution is 5.68. The van der Waals surface area contributed by atoms with E-state index in [2.05, 4.69) is 15.0 Å². The van der Waals surface area contributed by atoms with Gasteiger partial charge in [-0.3, -0.25) is 9.78 Å². The number of hydrogen-bond acceptors (Lipinski definition) is 4. The van der Waals surface area contributed by atoms with Crippen molar-refractivity contribution < 1.29 is 4.74 Å². The molecule has 0 spiro atoms. The quantitative estimate of drug-likeness (QED) is 0.492. The van der Waals surface area contributed by atoms with Gasteiger partial charge in [-0.2, -0.15) is 0 Å². The van der Waals surface area contributed by atoms with Gasteiger partial charge in [0.05, 0.1) is 12.4 Å². The van der Waals surface area contributed by atoms with E-state index in [-0.39, 0.29) is 11.2 Å². The van der Waals surface area contributed by atoms with E-state index in [1.807, 2.05) is 48.5 Å². The van der Waals surface area contributed by atoms with Crippen molar-refractivity contribution in [2.75, 3.05) is 0 Å². The third-order valence-corrected chi connectivity index (χ3v) is 4.42. The van der Waals surface area contributed by atoms with Crippen molar-refractivity contribution in [1.29, 1.82) is 0 Å². The Bertz CT molecular complexity index is 1190. The Morgan fingerprint density at radius 2 is 1.60 bits per heavy atom. The van der Waals surface area contributed by atoms with Crippen molar-refractivity contribution in [1.82, 2.24) is 19.5 Å². The average molecular weight is 332 g/mol. The van der Waals surface area contributed by atoms with Gasteiger partial charge in [-0.1, -0.05) is 36.4 Å². The van der Waals surface area contributed by atoms with Crippen molar-refractivity contribution in [2.24, 2.45) is 0 Å². The molecule has 7 heteroatoms. The second-order valence-electron chi connectivity index (χ2n) is 5.81. The number of hydrogen-bond donors (Lipinski definition) is 2. The molecule has 0 aliphatic carbocycles. The number of para-hydroxylation sites is 2. The second kappa shape index (κ2) is 4.94. The van der Waals surface area contributed by atoms with Crippen molar-refractivity contribution in [3.63, 3.8) is 0 Å². The lowest BCUT2D eigenvalue weighted by Gasteiger charge is -2.28. The van der Waals surface area contributed by atoms with Gasteiger partial charge in [0, 0.05) is 11.1 Å². The average Bonchev–Trinajstić information content (AvgIpc) is 3.09. The monoisotopic (exact) mass is 332 g/mol. The van der Waals surface area contributed by atoms with E-state index in [1.54, 1.807) is 0 Å². The predicted molar refractivity (Wildman–Crippen MR) is 91.2 cm³/mol. The van der Waals surface area contributed by atoms with Crippen molar-refractivity contribution in [2.45, 2.75) is 6.04 Å². The zero-order chi connectivity index (χ0) is 17.0. The van der Waals surface area contributed by atoms with E-state index in [9.17, 15) is 9.59 Å². The smallest absolute Gasteiger partial charge is 0.330 e. The third-order valence-electron chi connectivity index (χ3n) is 4.42. The summed E-state index contributed by atoms with van der Waals surface area (Å²) in [6, 6.07) is 14.2. The molecule has 0 radical (unpaired) electrons. The number of aromatic nitrogens is 4. The molecule has 0 atom stereocenters. The number of imidazole rings is 1. The number of rotatable bonds is 1. The van der Waals surface area contributed by atoms with Crippen LogP contribution in [0.5, 0.6) is 11.5 Å². The summed E-state index contributed by atoms with van der Waals surface area (Å²) in [5.41, 5.74) is 1.09. The fraction of sp³-hybridized carbons (Fsp3) is 0.0556. The van der Waals surface area contributed by atoms with Crippen LogP contribution in [0, 0.1) is 0 Å². The fourth-order valence-corrected chi connectivity index (χ4v) is 3.32. The summed E-state index contributed by atoms with van der Waals surface area (Å²) in [5.74, 6) is 1.25. The molecule has 0 unspecified atom stereocenters. The summed E-state index contributed by atoms with van der Waals surface area (Å²) >= 11 is 0. The molecule has 0 fully saturated rings. The predicted octanol–water partition coefficient (Wildman–Crippen LogP) is 2.16. The molecule has 2 N–H and O–H groups in total. The normalized spacial score (nSPS) is 13.3. The van der Waals surface area contributed by atoms with E-state index in [4.69, 9.17) is 4.74 Å². The molecule has 0 amide bonds. The molecule has 0 bridgehead atoms. The lowest BCUT2D eigenvalue weighted by atomic mass is 9.94. The standard InChI is InChI=1S/C18H12N4O3/c23-17-14-16(20-9-19-14)21-18(24)22(17)15-10-5-1-3-7-12(10)25-13-8-4-2-6-11(13)15/h1-9,15H,(H,19,20)(H,21,24). The van der Waals surface area contributed by atoms with Gasteiger partial charge in [-0.05, 0) is 12.1 Å². The molecule has 122 valence electrons. The first-order valence-electron chi connectivity index (χ1n) is 7.77. The van der Waals surface area contributed by atoms with Crippen LogP contribution in [0.3, 0.4) is 0 Å². The zero-order valence-electron chi connectivity index (χ0n) is 12.9. The van der Waals surface area contributed by atoms with Crippen LogP contribution in [0.15, 0.2) is 64.4 Å². The van der Waals surface area contributed by atoms with Crippen LogP contribution < -0.4 is 16.0 Å². The fourth-order valence-electron chi connectivity index (χ4n) is 3.32. The van der Waals surface area contributed by atoms with Crippen LogP contribution in [0.2, 0.25) is 0 Å². The number of ether oxygens (including phenoxy) is 1. The summed E-state index contributed by atoms with van der Waals surface area (Å²) in [6.45, 7) is 0. The van der Waals surface area contributed by atoms with Crippen molar-refractivity contribution in [3.8, 4) is 11.5 Å². The van der Waals surface area contributed by atoms with Gasteiger partial charge in [0.25, 0.3) is 5.56 Å². The van der Waals surface area contributed by atoms with E-state index >= 15 is 0 Å². The van der Waals surface area contributed by atoms with Gasteiger partial charge in [-0.15, -0.1) is 0 Å². The minimum atomic E-state index is -0.579. The molecule has 25 heavy (non-hydrogen) atoms. The van der Waals surface area contributed by atoms with E-state index in [0.29, 0.717) is 11.5 Å². The Morgan fingerprint density at radius 1 is 0.960 bits per heavy atom. The summed E-state index contributed by atoms with van der Waals surface area (Å²) < 4.78 is 7.14. The van der Waals surface area contributed by atoms with Gasteiger partial charge in [0.2, 0.25) is 0 Å². The maximum Gasteiger partial charge on any atom is 0.330 e. The summed E-state index contributed by atoms with van der Waals surface area (Å²) in [7, 11) is 0. The zero-order valence-corrected chi connectivity index (χ0v) is 12.9. The van der Waals surface area contributed by atoms with E-state index in [1.165, 1.54) is 10.9 Å². The van der Waals surface area contributed by atoms with Gasteiger partial charge >= 0.3 is 5.69 Å². The van der Waals surface area contributed by atoms with Crippen LogP contribution in [-0.4, -0.2) is 19.5 Å². The van der Waals surface area contributed by atoms with Gasteiger partial charge in [0.15, 0.2) is 5.65 Å². The molecule has 2 aromatic heterocycles. The molecule has 2 aromatic carbocycles. The van der Waals surface area contributed by atoms with Crippen LogP contribution >= 0.6 is 0 Å². The Labute approximate surface area is 140 Å². The minimum absolute atomic E-state index is 0.250. The van der Waals surface area contributed by atoms with Gasteiger partial charge in [0.1, 0.15) is 17.0 Å². The minimum Gasteiger partial charge on any atom is -0.457 e. The maximum absolute atomic E-state index is 13.0. The number of fused-ring (bicyclic) bond motifs is 3. The molecule has 1 aliphatic heterocycles. The number of benzene rings is 2. The van der Waals surface area contributed by atoms with Gasteiger partial charge in [-0.25, -0.2) is 14.3 Å². The Balaban J connectivity index is 1.89. The molecule has 3 heterocycles. The lowest BCUT2D eigenvalue weighted by molar-refractivity contribution is 0.428. The Kier molecular flexibility index (Phi) is 2.73. The number of nitrogens with zero attached hydrogens (tertiary/aromatic N) is 2. The van der Waals surface area contributed by atoms with Crippen LogP contribution in [0.4, 0.5) is 0 Å². The van der Waals surface area contributed by atoms with Crippen molar-refractivity contribution >= 4 is 11.2 Å². The largest absolute Gasteiger partial charge is 0.457 e.